The summed E-state index contributed by atoms with van der Waals surface area (Å²) in [5.41, 5.74) is 2.19. The maximum atomic E-state index is 11.7. The summed E-state index contributed by atoms with van der Waals surface area (Å²) in [7, 11) is 0. The summed E-state index contributed by atoms with van der Waals surface area (Å²) in [6.07, 6.45) is 3.15. The summed E-state index contributed by atoms with van der Waals surface area (Å²) in [6.45, 7) is 7.79. The number of nitrogens with zero attached hydrogens (tertiary/aromatic N) is 1. The van der Waals surface area contributed by atoms with E-state index in [-0.39, 0.29) is 5.91 Å². The first kappa shape index (κ1) is 10.7. The van der Waals surface area contributed by atoms with Gasteiger partial charge in [0.1, 0.15) is 0 Å². The van der Waals surface area contributed by atoms with E-state index >= 15 is 0 Å². The normalized spacial score (nSPS) is 10.9. The van der Waals surface area contributed by atoms with E-state index < -0.39 is 0 Å². The molecule has 0 amide bonds. The maximum absolute atomic E-state index is 11.7. The Morgan fingerprint density at radius 2 is 2.12 bits per heavy atom. The number of carbonyl (C=O) groups is 1. The van der Waals surface area contributed by atoms with E-state index in [1.165, 1.54) is 11.6 Å². The molecule has 16 heavy (non-hydrogen) atoms. The number of hydrogen-bond donors (Lipinski definition) is 0. The first-order chi connectivity index (χ1) is 7.65. The van der Waals surface area contributed by atoms with Gasteiger partial charge in [-0.1, -0.05) is 38.6 Å². The number of para-hydroxylation sites is 1. The summed E-state index contributed by atoms with van der Waals surface area (Å²) < 4.78 is 1.66. The third kappa shape index (κ3) is 1.56. The Morgan fingerprint density at radius 3 is 2.75 bits per heavy atom. The van der Waals surface area contributed by atoms with Crippen LogP contribution in [0.2, 0.25) is 0 Å². The molecule has 0 radical (unpaired) electrons. The Bertz CT molecular complexity index is 549. The van der Waals surface area contributed by atoms with Gasteiger partial charge >= 0.3 is 0 Å². The van der Waals surface area contributed by atoms with Gasteiger partial charge in [0, 0.05) is 11.6 Å². The average Bonchev–Trinajstić information content (AvgIpc) is 2.71. The first-order valence-electron chi connectivity index (χ1n) is 5.42. The summed E-state index contributed by atoms with van der Waals surface area (Å²) in [6, 6.07) is 8.08. The Labute approximate surface area is 95.2 Å². The fourth-order valence-electron chi connectivity index (χ4n) is 1.97. The Balaban J connectivity index is 2.77. The lowest BCUT2D eigenvalue weighted by atomic mass is 10.0. The van der Waals surface area contributed by atoms with Crippen molar-refractivity contribution in [2.75, 3.05) is 0 Å². The van der Waals surface area contributed by atoms with Crippen molar-refractivity contribution >= 4 is 16.8 Å². The van der Waals surface area contributed by atoms with Crippen LogP contribution in [0.5, 0.6) is 0 Å². The first-order valence-corrected chi connectivity index (χ1v) is 5.42. The predicted molar refractivity (Wildman–Crippen MR) is 66.9 cm³/mol. The van der Waals surface area contributed by atoms with Crippen LogP contribution in [0, 0.1) is 0 Å². The molecule has 0 aliphatic heterocycles. The molecule has 1 aromatic heterocycles. The molecule has 0 aliphatic rings. The van der Waals surface area contributed by atoms with Crippen molar-refractivity contribution in [2.24, 2.45) is 0 Å². The topological polar surface area (TPSA) is 22.0 Å². The molecule has 0 saturated heterocycles. The van der Waals surface area contributed by atoms with Crippen molar-refractivity contribution in [1.29, 1.82) is 0 Å². The van der Waals surface area contributed by atoms with E-state index in [4.69, 9.17) is 0 Å². The molecule has 0 bridgehead atoms. The summed E-state index contributed by atoms with van der Waals surface area (Å²) in [5.74, 6) is 0.318. The second kappa shape index (κ2) is 3.97. The van der Waals surface area contributed by atoms with Crippen LogP contribution >= 0.6 is 0 Å². The molecule has 0 atom stereocenters. The van der Waals surface area contributed by atoms with Crippen molar-refractivity contribution in [3.05, 3.63) is 48.7 Å². The second-order valence-corrected chi connectivity index (χ2v) is 4.17. The highest BCUT2D eigenvalue weighted by molar-refractivity contribution is 5.99. The largest absolute Gasteiger partial charge is 0.283 e. The van der Waals surface area contributed by atoms with Gasteiger partial charge in [0.15, 0.2) is 0 Å². The lowest BCUT2D eigenvalue weighted by Gasteiger charge is -2.10. The number of hydrogen-bond acceptors (Lipinski definition) is 1. The van der Waals surface area contributed by atoms with E-state index in [0.29, 0.717) is 5.92 Å². The SMILES string of the molecule is C=CC(=O)n1ccc2cccc(C(C)C)c21. The molecule has 82 valence electrons. The molecule has 0 spiro atoms. The van der Waals surface area contributed by atoms with E-state index in [1.54, 1.807) is 10.8 Å². The standard InChI is InChI=1S/C14H15NO/c1-4-13(16)15-9-8-11-6-5-7-12(10(2)3)14(11)15/h4-10H,1H2,2-3H3. The van der Waals surface area contributed by atoms with Crippen LogP contribution in [0.25, 0.3) is 10.9 Å². The van der Waals surface area contributed by atoms with Gasteiger partial charge in [0.25, 0.3) is 5.91 Å². The number of aromatic nitrogens is 1. The van der Waals surface area contributed by atoms with E-state index in [1.807, 2.05) is 18.2 Å². The van der Waals surface area contributed by atoms with Crippen LogP contribution in [-0.2, 0) is 0 Å². The minimum absolute atomic E-state index is 0.0805. The molecule has 1 heterocycles. The van der Waals surface area contributed by atoms with Gasteiger partial charge in [0.05, 0.1) is 5.52 Å². The van der Waals surface area contributed by atoms with Crippen molar-refractivity contribution in [1.82, 2.24) is 4.57 Å². The highest BCUT2D eigenvalue weighted by atomic mass is 16.1. The van der Waals surface area contributed by atoms with Crippen LogP contribution < -0.4 is 0 Å². The lowest BCUT2D eigenvalue weighted by Crippen LogP contribution is -2.06. The van der Waals surface area contributed by atoms with Crippen LogP contribution in [0.4, 0.5) is 0 Å². The van der Waals surface area contributed by atoms with E-state index in [9.17, 15) is 4.79 Å². The monoisotopic (exact) mass is 213 g/mol. The van der Waals surface area contributed by atoms with Crippen molar-refractivity contribution in [2.45, 2.75) is 19.8 Å². The minimum Gasteiger partial charge on any atom is -0.283 e. The Hall–Kier alpha value is -1.83. The van der Waals surface area contributed by atoms with Gasteiger partial charge in [-0.15, -0.1) is 0 Å². The lowest BCUT2D eigenvalue weighted by molar-refractivity contribution is 0.0974. The van der Waals surface area contributed by atoms with Gasteiger partial charge in [-0.3, -0.25) is 9.36 Å². The fraction of sp³-hybridized carbons (Fsp3) is 0.214. The number of fused-ring (bicyclic) bond motifs is 1. The fourth-order valence-corrected chi connectivity index (χ4v) is 1.97. The molecule has 2 nitrogen and oxygen atoms in total. The highest BCUT2D eigenvalue weighted by Crippen LogP contribution is 2.26. The number of benzene rings is 1. The molecule has 2 heteroatoms. The van der Waals surface area contributed by atoms with Gasteiger partial charge < -0.3 is 0 Å². The maximum Gasteiger partial charge on any atom is 0.254 e. The van der Waals surface area contributed by atoms with Crippen LogP contribution in [0.3, 0.4) is 0 Å². The number of carbonyl (C=O) groups excluding carboxylic acids is 1. The molecule has 0 aliphatic carbocycles. The molecule has 0 unspecified atom stereocenters. The van der Waals surface area contributed by atoms with E-state index in [2.05, 4.69) is 26.5 Å². The molecule has 2 aromatic rings. The zero-order chi connectivity index (χ0) is 11.7. The smallest absolute Gasteiger partial charge is 0.254 e. The van der Waals surface area contributed by atoms with Gasteiger partial charge in [-0.25, -0.2) is 0 Å². The number of allylic oxidation sites excluding steroid dienone is 1. The number of rotatable bonds is 2. The van der Waals surface area contributed by atoms with Crippen LogP contribution in [0.15, 0.2) is 43.1 Å². The zero-order valence-electron chi connectivity index (χ0n) is 9.60. The van der Waals surface area contributed by atoms with Crippen LogP contribution in [0.1, 0.15) is 30.1 Å². The van der Waals surface area contributed by atoms with E-state index in [0.717, 1.165) is 10.9 Å². The third-order valence-electron chi connectivity index (χ3n) is 2.78. The Kier molecular flexibility index (Phi) is 2.65. The summed E-state index contributed by atoms with van der Waals surface area (Å²) >= 11 is 0. The van der Waals surface area contributed by atoms with Crippen LogP contribution in [-0.4, -0.2) is 10.5 Å². The molecule has 0 fully saturated rings. The highest BCUT2D eigenvalue weighted by Gasteiger charge is 2.11. The third-order valence-corrected chi connectivity index (χ3v) is 2.78. The van der Waals surface area contributed by atoms with Gasteiger partial charge in [0.2, 0.25) is 0 Å². The van der Waals surface area contributed by atoms with Gasteiger partial charge in [-0.05, 0) is 23.6 Å². The summed E-state index contributed by atoms with van der Waals surface area (Å²) in [4.78, 5) is 11.7. The molecule has 2 rings (SSSR count). The molecule has 1 aromatic carbocycles. The Morgan fingerprint density at radius 1 is 1.38 bits per heavy atom. The zero-order valence-corrected chi connectivity index (χ0v) is 9.60. The van der Waals surface area contributed by atoms with Gasteiger partial charge in [-0.2, -0.15) is 0 Å². The van der Waals surface area contributed by atoms with Crippen molar-refractivity contribution in [3.63, 3.8) is 0 Å². The quantitative estimate of drug-likeness (QED) is 0.699. The minimum atomic E-state index is -0.0805. The summed E-state index contributed by atoms with van der Waals surface area (Å²) in [5, 5.41) is 1.10. The molecule has 0 N–H and O–H groups in total. The average molecular weight is 213 g/mol. The van der Waals surface area contributed by atoms with Crippen molar-refractivity contribution < 1.29 is 4.79 Å². The second-order valence-electron chi connectivity index (χ2n) is 4.17. The molecule has 0 saturated carbocycles. The molecular weight excluding hydrogens is 198 g/mol. The molecular formula is C14H15NO. The van der Waals surface area contributed by atoms with Crippen molar-refractivity contribution in [3.8, 4) is 0 Å². The predicted octanol–water partition coefficient (Wildman–Crippen LogP) is 3.59.